The number of nitrogens with one attached hydrogen (secondary N) is 2. The van der Waals surface area contributed by atoms with Crippen molar-refractivity contribution in [3.8, 4) is 0 Å². The first kappa shape index (κ1) is 14.2. The molecule has 21 heavy (non-hydrogen) atoms. The van der Waals surface area contributed by atoms with Crippen molar-refractivity contribution in [2.24, 2.45) is 0 Å². The molecule has 0 unspecified atom stereocenters. The van der Waals surface area contributed by atoms with Gasteiger partial charge in [0.2, 0.25) is 5.82 Å². The fourth-order valence-corrected chi connectivity index (χ4v) is 2.97. The lowest BCUT2D eigenvalue weighted by molar-refractivity contribution is 0.0939. The molecule has 2 N–H and O–H groups in total. The average molecular weight is 306 g/mol. The van der Waals surface area contributed by atoms with Crippen LogP contribution in [0.25, 0.3) is 0 Å². The van der Waals surface area contributed by atoms with Gasteiger partial charge in [0.1, 0.15) is 6.33 Å². The van der Waals surface area contributed by atoms with Crippen molar-refractivity contribution in [3.05, 3.63) is 28.2 Å². The minimum Gasteiger partial charge on any atom is -0.344 e. The highest BCUT2D eigenvalue weighted by Gasteiger charge is 2.18. The van der Waals surface area contributed by atoms with E-state index in [-0.39, 0.29) is 17.8 Å². The number of hydrogen-bond acceptors (Lipinski definition) is 6. The largest absolute Gasteiger partial charge is 0.344 e. The molecule has 8 heteroatoms. The van der Waals surface area contributed by atoms with Gasteiger partial charge in [0.25, 0.3) is 5.91 Å². The predicted octanol–water partition coefficient (Wildman–Crippen LogP) is 0.898. The second kappa shape index (κ2) is 6.31. The summed E-state index contributed by atoms with van der Waals surface area (Å²) in [6, 6.07) is 0.286. The molecule has 0 bridgehead atoms. The molecule has 1 atom stereocenters. The maximum Gasteiger partial charge on any atom is 0.291 e. The highest BCUT2D eigenvalue weighted by molar-refractivity contribution is 7.09. The minimum atomic E-state index is -0.261. The fraction of sp³-hybridized carbons (Fsp3) is 0.538. The molecule has 0 radical (unpaired) electrons. The van der Waals surface area contributed by atoms with Crippen molar-refractivity contribution in [1.29, 1.82) is 0 Å². The number of thiazole rings is 1. The molecule has 3 rings (SSSR count). The van der Waals surface area contributed by atoms with E-state index in [2.05, 4.69) is 25.7 Å². The summed E-state index contributed by atoms with van der Waals surface area (Å²) in [5.74, 6) is -0.0457. The molecule has 2 aromatic rings. The highest BCUT2D eigenvalue weighted by atomic mass is 32.1. The van der Waals surface area contributed by atoms with E-state index < -0.39 is 0 Å². The number of aryl methyl sites for hydroxylation is 1. The van der Waals surface area contributed by atoms with Crippen molar-refractivity contribution < 1.29 is 4.79 Å². The first-order valence-electron chi connectivity index (χ1n) is 7.03. The third-order valence-corrected chi connectivity index (χ3v) is 4.28. The van der Waals surface area contributed by atoms with Crippen molar-refractivity contribution >= 4 is 17.2 Å². The van der Waals surface area contributed by atoms with E-state index in [0.717, 1.165) is 36.6 Å². The predicted molar refractivity (Wildman–Crippen MR) is 79.2 cm³/mol. The van der Waals surface area contributed by atoms with Gasteiger partial charge < -0.3 is 10.6 Å². The molecule has 1 amide bonds. The molecule has 2 aromatic heterocycles. The van der Waals surface area contributed by atoms with Gasteiger partial charge in [-0.25, -0.2) is 14.6 Å². The summed E-state index contributed by atoms with van der Waals surface area (Å²) in [7, 11) is 0. The Labute approximate surface area is 126 Å². The van der Waals surface area contributed by atoms with E-state index >= 15 is 0 Å². The lowest BCUT2D eigenvalue weighted by atomic mass is 10.1. The molecule has 0 aromatic carbocycles. The molecule has 3 heterocycles. The van der Waals surface area contributed by atoms with E-state index in [1.54, 1.807) is 22.3 Å². The maximum absolute atomic E-state index is 12.0. The van der Waals surface area contributed by atoms with Crippen LogP contribution in [0, 0.1) is 6.92 Å². The summed E-state index contributed by atoms with van der Waals surface area (Å²) in [5.41, 5.74) is 0.863. The molecular formula is C13H18N6OS. The monoisotopic (exact) mass is 306 g/mol. The van der Waals surface area contributed by atoms with Gasteiger partial charge in [-0.2, -0.15) is 0 Å². The molecule has 112 valence electrons. The van der Waals surface area contributed by atoms with Crippen LogP contribution in [-0.2, 0) is 6.54 Å². The van der Waals surface area contributed by atoms with Crippen LogP contribution in [0.1, 0.15) is 40.2 Å². The van der Waals surface area contributed by atoms with E-state index in [1.165, 1.54) is 0 Å². The molecule has 0 aliphatic carbocycles. The van der Waals surface area contributed by atoms with Crippen molar-refractivity contribution in [2.45, 2.75) is 32.4 Å². The number of amides is 1. The fourth-order valence-electron chi connectivity index (χ4n) is 2.35. The normalized spacial score (nSPS) is 18.6. The summed E-state index contributed by atoms with van der Waals surface area (Å²) >= 11 is 1.57. The van der Waals surface area contributed by atoms with Crippen LogP contribution in [0.4, 0.5) is 0 Å². The average Bonchev–Trinajstić information content (AvgIpc) is 3.15. The Hall–Kier alpha value is -1.80. The topological polar surface area (TPSA) is 84.7 Å². The molecule has 0 spiro atoms. The Morgan fingerprint density at radius 1 is 1.62 bits per heavy atom. The van der Waals surface area contributed by atoms with Crippen LogP contribution in [-0.4, -0.2) is 38.7 Å². The molecular weight excluding hydrogens is 288 g/mol. The summed E-state index contributed by atoms with van der Waals surface area (Å²) in [6.45, 7) is 4.27. The standard InChI is InChI=1S/C13H18N6OS/c1-9-17-10(7-21-9)5-15-13(20)12-16-8-19(18-12)11-3-2-4-14-6-11/h7-8,11,14H,2-6H2,1H3,(H,15,20)/t11-/m0/s1. The molecule has 0 saturated carbocycles. The SMILES string of the molecule is Cc1nc(CNC(=O)c2ncn([C@H]3CCCNC3)n2)cs1. The number of carbonyl (C=O) groups excluding carboxylic acids is 1. The van der Waals surface area contributed by atoms with Gasteiger partial charge in [0, 0.05) is 11.9 Å². The van der Waals surface area contributed by atoms with Crippen LogP contribution in [0.2, 0.25) is 0 Å². The lowest BCUT2D eigenvalue weighted by Crippen LogP contribution is -2.32. The Bertz CT molecular complexity index is 616. The Kier molecular flexibility index (Phi) is 4.26. The van der Waals surface area contributed by atoms with Gasteiger partial charge in [0.05, 0.1) is 23.3 Å². The molecule has 7 nitrogen and oxygen atoms in total. The summed E-state index contributed by atoms with van der Waals surface area (Å²) in [5, 5.41) is 13.3. The zero-order valence-electron chi connectivity index (χ0n) is 11.9. The molecule has 1 aliphatic rings. The quantitative estimate of drug-likeness (QED) is 0.876. The highest BCUT2D eigenvalue weighted by Crippen LogP contribution is 2.14. The number of aromatic nitrogens is 4. The molecule has 1 fully saturated rings. The first-order valence-corrected chi connectivity index (χ1v) is 7.91. The number of carbonyl (C=O) groups is 1. The smallest absolute Gasteiger partial charge is 0.291 e. The number of piperidine rings is 1. The third kappa shape index (κ3) is 3.45. The number of hydrogen-bond donors (Lipinski definition) is 2. The van der Waals surface area contributed by atoms with E-state index in [9.17, 15) is 4.79 Å². The van der Waals surface area contributed by atoms with Crippen molar-refractivity contribution in [2.75, 3.05) is 13.1 Å². The van der Waals surface area contributed by atoms with E-state index in [4.69, 9.17) is 0 Å². The molecule has 1 aliphatic heterocycles. The Balaban J connectivity index is 1.58. The maximum atomic E-state index is 12.0. The van der Waals surface area contributed by atoms with Crippen LogP contribution in [0.15, 0.2) is 11.7 Å². The van der Waals surface area contributed by atoms with E-state index in [0.29, 0.717) is 6.54 Å². The number of nitrogens with zero attached hydrogens (tertiary/aromatic N) is 4. The van der Waals surface area contributed by atoms with E-state index in [1.807, 2.05) is 12.3 Å². The van der Waals surface area contributed by atoms with Gasteiger partial charge in [-0.3, -0.25) is 4.79 Å². The summed E-state index contributed by atoms with van der Waals surface area (Å²) < 4.78 is 1.79. The van der Waals surface area contributed by atoms with Crippen molar-refractivity contribution in [1.82, 2.24) is 30.4 Å². The zero-order valence-corrected chi connectivity index (χ0v) is 12.7. The van der Waals surface area contributed by atoms with Crippen LogP contribution >= 0.6 is 11.3 Å². The van der Waals surface area contributed by atoms with Gasteiger partial charge in [-0.05, 0) is 26.3 Å². The van der Waals surface area contributed by atoms with Crippen molar-refractivity contribution in [3.63, 3.8) is 0 Å². The van der Waals surface area contributed by atoms with Gasteiger partial charge in [-0.1, -0.05) is 0 Å². The summed E-state index contributed by atoms with van der Waals surface area (Å²) in [4.78, 5) is 20.4. The second-order valence-electron chi connectivity index (χ2n) is 5.09. The zero-order chi connectivity index (χ0) is 14.7. The van der Waals surface area contributed by atoms with Gasteiger partial charge in [0.15, 0.2) is 0 Å². The van der Waals surface area contributed by atoms with Crippen LogP contribution < -0.4 is 10.6 Å². The first-order chi connectivity index (χ1) is 10.2. The Morgan fingerprint density at radius 2 is 2.52 bits per heavy atom. The second-order valence-corrected chi connectivity index (χ2v) is 6.15. The summed E-state index contributed by atoms with van der Waals surface area (Å²) in [6.07, 6.45) is 3.82. The minimum absolute atomic E-state index is 0.215. The van der Waals surface area contributed by atoms with Crippen LogP contribution in [0.5, 0.6) is 0 Å². The number of rotatable bonds is 4. The Morgan fingerprint density at radius 3 is 3.24 bits per heavy atom. The lowest BCUT2D eigenvalue weighted by Gasteiger charge is -2.22. The third-order valence-electron chi connectivity index (χ3n) is 3.45. The van der Waals surface area contributed by atoms with Gasteiger partial charge >= 0.3 is 0 Å². The van der Waals surface area contributed by atoms with Gasteiger partial charge in [-0.15, -0.1) is 16.4 Å². The van der Waals surface area contributed by atoms with Crippen LogP contribution in [0.3, 0.4) is 0 Å². The molecule has 1 saturated heterocycles.